The van der Waals surface area contributed by atoms with Gasteiger partial charge in [0.25, 0.3) is 0 Å². The second-order valence-corrected chi connectivity index (χ2v) is 6.81. The predicted octanol–water partition coefficient (Wildman–Crippen LogP) is 1.64. The first-order valence-corrected chi connectivity index (χ1v) is 8.08. The lowest BCUT2D eigenvalue weighted by atomic mass is 10.1. The molecule has 0 unspecified atom stereocenters. The molecule has 18 heavy (non-hydrogen) atoms. The Balaban J connectivity index is 2.22. The fourth-order valence-electron chi connectivity index (χ4n) is 2.20. The largest absolute Gasteiger partial charge is 0.381 e. The minimum atomic E-state index is -3.16. The fourth-order valence-corrected chi connectivity index (χ4v) is 3.26. The molecule has 0 aliphatic carbocycles. The lowest BCUT2D eigenvalue weighted by molar-refractivity contribution is 0.478. The van der Waals surface area contributed by atoms with Crippen molar-refractivity contribution >= 4 is 15.5 Å². The molecule has 4 nitrogen and oxygen atoms in total. The Morgan fingerprint density at radius 2 is 1.94 bits per heavy atom. The van der Waals surface area contributed by atoms with Crippen LogP contribution >= 0.6 is 0 Å². The Bertz CT molecular complexity index is 493. The van der Waals surface area contributed by atoms with E-state index in [1.807, 2.05) is 12.1 Å². The predicted molar refractivity (Wildman–Crippen MR) is 73.7 cm³/mol. The number of benzene rings is 1. The van der Waals surface area contributed by atoms with Crippen LogP contribution in [0, 0.1) is 0 Å². The molecule has 2 N–H and O–H groups in total. The molecule has 0 saturated carbocycles. The van der Waals surface area contributed by atoms with Crippen molar-refractivity contribution in [2.75, 3.05) is 24.2 Å². The molecule has 0 aromatic heterocycles. The van der Waals surface area contributed by atoms with Gasteiger partial charge in [0.15, 0.2) is 9.84 Å². The van der Waals surface area contributed by atoms with E-state index in [4.69, 9.17) is 0 Å². The van der Waals surface area contributed by atoms with E-state index in [-0.39, 0.29) is 5.75 Å². The van der Waals surface area contributed by atoms with Crippen LogP contribution in [0.25, 0.3) is 0 Å². The lowest BCUT2D eigenvalue weighted by Crippen LogP contribution is -2.35. The van der Waals surface area contributed by atoms with E-state index in [9.17, 15) is 8.42 Å². The summed E-state index contributed by atoms with van der Waals surface area (Å²) < 4.78 is 24.0. The van der Waals surface area contributed by atoms with Gasteiger partial charge < -0.3 is 10.6 Å². The second kappa shape index (κ2) is 5.71. The second-order valence-electron chi connectivity index (χ2n) is 4.57. The van der Waals surface area contributed by atoms with Crippen LogP contribution in [0.4, 0.5) is 5.69 Å². The first-order chi connectivity index (χ1) is 8.63. The third-order valence-electron chi connectivity index (χ3n) is 3.30. The van der Waals surface area contributed by atoms with Crippen LogP contribution in [-0.2, 0) is 9.84 Å². The number of para-hydroxylation sites is 1. The zero-order valence-corrected chi connectivity index (χ0v) is 11.5. The quantitative estimate of drug-likeness (QED) is 0.871. The normalized spacial score (nSPS) is 17.6. The number of sulfone groups is 1. The van der Waals surface area contributed by atoms with Gasteiger partial charge in [-0.1, -0.05) is 19.1 Å². The minimum absolute atomic E-state index is 0.137. The van der Waals surface area contributed by atoms with Crippen LogP contribution in [0.1, 0.15) is 19.8 Å². The van der Waals surface area contributed by atoms with Crippen molar-refractivity contribution in [3.8, 4) is 0 Å². The molecule has 0 amide bonds. The van der Waals surface area contributed by atoms with Gasteiger partial charge in [-0.15, -0.1) is 0 Å². The van der Waals surface area contributed by atoms with Gasteiger partial charge in [0, 0.05) is 6.04 Å². The van der Waals surface area contributed by atoms with Crippen molar-refractivity contribution in [1.29, 1.82) is 0 Å². The first kappa shape index (κ1) is 13.4. The van der Waals surface area contributed by atoms with Crippen molar-refractivity contribution in [1.82, 2.24) is 5.32 Å². The average molecular weight is 268 g/mol. The van der Waals surface area contributed by atoms with Gasteiger partial charge in [-0.3, -0.25) is 0 Å². The van der Waals surface area contributed by atoms with Gasteiger partial charge in [-0.25, -0.2) is 8.42 Å². The number of piperidine rings is 1. The number of anilines is 1. The zero-order valence-electron chi connectivity index (χ0n) is 10.6. The SMILES string of the molecule is CCS(=O)(=O)c1ccccc1NC1CCNCC1. The summed E-state index contributed by atoms with van der Waals surface area (Å²) in [6.45, 7) is 3.65. The van der Waals surface area contributed by atoms with Crippen LogP contribution < -0.4 is 10.6 Å². The first-order valence-electron chi connectivity index (χ1n) is 6.42. The Hall–Kier alpha value is -1.07. The Morgan fingerprint density at radius 3 is 2.61 bits per heavy atom. The van der Waals surface area contributed by atoms with E-state index in [1.54, 1.807) is 19.1 Å². The Kier molecular flexibility index (Phi) is 4.24. The lowest BCUT2D eigenvalue weighted by Gasteiger charge is -2.25. The Morgan fingerprint density at radius 1 is 1.28 bits per heavy atom. The van der Waals surface area contributed by atoms with Gasteiger partial charge in [-0.05, 0) is 38.1 Å². The highest BCUT2D eigenvalue weighted by atomic mass is 32.2. The summed E-state index contributed by atoms with van der Waals surface area (Å²) in [4.78, 5) is 0.422. The summed E-state index contributed by atoms with van der Waals surface area (Å²) in [5.74, 6) is 0.137. The number of hydrogen-bond acceptors (Lipinski definition) is 4. The van der Waals surface area contributed by atoms with Gasteiger partial charge in [0.1, 0.15) is 0 Å². The zero-order chi connectivity index (χ0) is 13.0. The molecule has 1 fully saturated rings. The molecule has 1 aliphatic heterocycles. The molecular weight excluding hydrogens is 248 g/mol. The molecule has 1 saturated heterocycles. The van der Waals surface area contributed by atoms with Gasteiger partial charge in [-0.2, -0.15) is 0 Å². The van der Waals surface area contributed by atoms with E-state index >= 15 is 0 Å². The molecule has 0 atom stereocenters. The third-order valence-corrected chi connectivity index (χ3v) is 5.09. The molecule has 1 heterocycles. The highest BCUT2D eigenvalue weighted by molar-refractivity contribution is 7.91. The van der Waals surface area contributed by atoms with Crippen LogP contribution in [-0.4, -0.2) is 33.3 Å². The van der Waals surface area contributed by atoms with E-state index in [2.05, 4.69) is 10.6 Å². The van der Waals surface area contributed by atoms with Crippen LogP contribution in [0.5, 0.6) is 0 Å². The van der Waals surface area contributed by atoms with Crippen LogP contribution in [0.15, 0.2) is 29.2 Å². The van der Waals surface area contributed by atoms with E-state index < -0.39 is 9.84 Å². The fraction of sp³-hybridized carbons (Fsp3) is 0.538. The van der Waals surface area contributed by atoms with Crippen molar-refractivity contribution < 1.29 is 8.42 Å². The third kappa shape index (κ3) is 3.03. The molecule has 100 valence electrons. The summed E-state index contributed by atoms with van der Waals surface area (Å²) in [5, 5.41) is 6.67. The van der Waals surface area contributed by atoms with Gasteiger partial charge >= 0.3 is 0 Å². The summed E-state index contributed by atoms with van der Waals surface area (Å²) in [6.07, 6.45) is 2.06. The summed E-state index contributed by atoms with van der Waals surface area (Å²) >= 11 is 0. The molecule has 2 rings (SSSR count). The molecule has 0 bridgehead atoms. The monoisotopic (exact) mass is 268 g/mol. The molecule has 0 radical (unpaired) electrons. The van der Waals surface area contributed by atoms with E-state index in [0.29, 0.717) is 10.9 Å². The Labute approximate surface area is 109 Å². The maximum Gasteiger partial charge on any atom is 0.180 e. The maximum atomic E-state index is 12.0. The van der Waals surface area contributed by atoms with Crippen molar-refractivity contribution in [3.63, 3.8) is 0 Å². The molecule has 1 aliphatic rings. The van der Waals surface area contributed by atoms with Crippen molar-refractivity contribution in [2.24, 2.45) is 0 Å². The van der Waals surface area contributed by atoms with Crippen molar-refractivity contribution in [2.45, 2.75) is 30.7 Å². The highest BCUT2D eigenvalue weighted by Gasteiger charge is 2.19. The minimum Gasteiger partial charge on any atom is -0.381 e. The summed E-state index contributed by atoms with van der Waals surface area (Å²) in [5.41, 5.74) is 0.742. The standard InChI is InChI=1S/C13H20N2O2S/c1-2-18(16,17)13-6-4-3-5-12(13)15-11-7-9-14-10-8-11/h3-6,11,14-15H,2,7-10H2,1H3. The van der Waals surface area contributed by atoms with Crippen molar-refractivity contribution in [3.05, 3.63) is 24.3 Å². The van der Waals surface area contributed by atoms with Gasteiger partial charge in [0.2, 0.25) is 0 Å². The topological polar surface area (TPSA) is 58.2 Å². The number of hydrogen-bond donors (Lipinski definition) is 2. The average Bonchev–Trinajstić information content (AvgIpc) is 2.40. The summed E-state index contributed by atoms with van der Waals surface area (Å²) in [6, 6.07) is 7.54. The van der Waals surface area contributed by atoms with Gasteiger partial charge in [0.05, 0.1) is 16.3 Å². The molecule has 1 aromatic carbocycles. The van der Waals surface area contributed by atoms with E-state index in [1.165, 1.54) is 0 Å². The molecule has 1 aromatic rings. The van der Waals surface area contributed by atoms with Crippen LogP contribution in [0.3, 0.4) is 0 Å². The number of rotatable bonds is 4. The van der Waals surface area contributed by atoms with E-state index in [0.717, 1.165) is 31.6 Å². The number of nitrogens with one attached hydrogen (secondary N) is 2. The molecule has 5 heteroatoms. The maximum absolute atomic E-state index is 12.0. The molecular formula is C13H20N2O2S. The van der Waals surface area contributed by atoms with Crippen LogP contribution in [0.2, 0.25) is 0 Å². The molecule has 0 spiro atoms. The highest BCUT2D eigenvalue weighted by Crippen LogP contribution is 2.24. The summed E-state index contributed by atoms with van der Waals surface area (Å²) in [7, 11) is -3.16. The smallest absolute Gasteiger partial charge is 0.180 e.